The number of pyridine rings is 1. The molecular weight excluding hydrogens is 422 g/mol. The Kier molecular flexibility index (Phi) is 7.34. The Bertz CT molecular complexity index is 1070. The number of benzene rings is 1. The van der Waals surface area contributed by atoms with Crippen LogP contribution in [0.5, 0.6) is 0 Å². The van der Waals surface area contributed by atoms with E-state index >= 15 is 0 Å². The van der Waals surface area contributed by atoms with Gasteiger partial charge in [0.25, 0.3) is 5.91 Å². The van der Waals surface area contributed by atoms with E-state index in [1.165, 1.54) is 0 Å². The lowest BCUT2D eigenvalue weighted by Crippen LogP contribution is -2.37. The van der Waals surface area contributed by atoms with Crippen molar-refractivity contribution in [2.24, 2.45) is 0 Å². The maximum atomic E-state index is 12.6. The lowest BCUT2D eigenvalue weighted by atomic mass is 10.1. The van der Waals surface area contributed by atoms with Gasteiger partial charge in [0.2, 0.25) is 0 Å². The molecule has 7 nitrogen and oxygen atoms in total. The van der Waals surface area contributed by atoms with E-state index in [9.17, 15) is 4.79 Å². The molecule has 0 bridgehead atoms. The zero-order valence-corrected chi connectivity index (χ0v) is 19.2. The summed E-state index contributed by atoms with van der Waals surface area (Å²) < 4.78 is 5.47. The summed E-state index contributed by atoms with van der Waals surface area (Å²) in [6.07, 6.45) is 3.47. The molecule has 3 heterocycles. The van der Waals surface area contributed by atoms with Crippen LogP contribution >= 0.6 is 11.8 Å². The van der Waals surface area contributed by atoms with Crippen LogP contribution in [0.25, 0.3) is 0 Å². The number of thioether (sulfide) groups is 1. The van der Waals surface area contributed by atoms with E-state index in [0.29, 0.717) is 17.9 Å². The second-order valence-corrected chi connectivity index (χ2v) is 8.62. The summed E-state index contributed by atoms with van der Waals surface area (Å²) in [6, 6.07) is 11.5. The third-order valence-electron chi connectivity index (χ3n) is 5.39. The molecule has 3 aromatic rings. The minimum atomic E-state index is -0.0993. The minimum Gasteiger partial charge on any atom is -0.378 e. The number of aryl methyl sites for hydroxylation is 1. The third-order valence-corrected chi connectivity index (χ3v) is 6.31. The molecule has 0 unspecified atom stereocenters. The fourth-order valence-corrected chi connectivity index (χ4v) is 4.30. The van der Waals surface area contributed by atoms with E-state index in [0.717, 1.165) is 59.7 Å². The normalized spacial score (nSPS) is 13.8. The average Bonchev–Trinajstić information content (AvgIpc) is 2.84. The van der Waals surface area contributed by atoms with Crippen LogP contribution in [0, 0.1) is 13.8 Å². The Morgan fingerprint density at radius 1 is 1.12 bits per heavy atom. The fourth-order valence-electron chi connectivity index (χ4n) is 3.47. The number of ether oxygens (including phenoxy) is 1. The van der Waals surface area contributed by atoms with Crippen LogP contribution in [0.15, 0.2) is 53.9 Å². The highest BCUT2D eigenvalue weighted by Crippen LogP contribution is 2.26. The van der Waals surface area contributed by atoms with Crippen LogP contribution in [-0.4, -0.2) is 47.2 Å². The van der Waals surface area contributed by atoms with Crippen molar-refractivity contribution in [3.8, 4) is 0 Å². The monoisotopic (exact) mass is 449 g/mol. The van der Waals surface area contributed by atoms with E-state index in [-0.39, 0.29) is 5.91 Å². The SMILES string of the molecule is Cc1nc(SCc2cccc(C(=O)NCc3cccnc3)c2)nc(N2CCOCC2)c1C. The highest BCUT2D eigenvalue weighted by atomic mass is 32.2. The lowest BCUT2D eigenvalue weighted by Gasteiger charge is -2.29. The Balaban J connectivity index is 1.40. The van der Waals surface area contributed by atoms with Gasteiger partial charge in [-0.25, -0.2) is 9.97 Å². The van der Waals surface area contributed by atoms with Gasteiger partial charge in [-0.1, -0.05) is 30.0 Å². The van der Waals surface area contributed by atoms with Gasteiger partial charge in [0.15, 0.2) is 5.16 Å². The maximum absolute atomic E-state index is 12.6. The molecule has 4 rings (SSSR count). The molecule has 1 saturated heterocycles. The van der Waals surface area contributed by atoms with Crippen LogP contribution < -0.4 is 10.2 Å². The van der Waals surface area contributed by atoms with E-state index in [4.69, 9.17) is 9.72 Å². The van der Waals surface area contributed by atoms with Gasteiger partial charge < -0.3 is 15.0 Å². The van der Waals surface area contributed by atoms with E-state index in [1.54, 1.807) is 24.2 Å². The van der Waals surface area contributed by atoms with Gasteiger partial charge in [-0.15, -0.1) is 0 Å². The van der Waals surface area contributed by atoms with Gasteiger partial charge in [-0.05, 0) is 43.2 Å². The molecule has 0 atom stereocenters. The van der Waals surface area contributed by atoms with Crippen molar-refractivity contribution in [2.75, 3.05) is 31.2 Å². The summed E-state index contributed by atoms with van der Waals surface area (Å²) in [5.41, 5.74) is 4.77. The zero-order valence-electron chi connectivity index (χ0n) is 18.4. The quantitative estimate of drug-likeness (QED) is 0.436. The molecule has 166 valence electrons. The lowest BCUT2D eigenvalue weighted by molar-refractivity contribution is 0.0950. The first-order valence-electron chi connectivity index (χ1n) is 10.7. The summed E-state index contributed by atoms with van der Waals surface area (Å²) in [7, 11) is 0. The molecule has 0 radical (unpaired) electrons. The van der Waals surface area contributed by atoms with Gasteiger partial charge in [-0.3, -0.25) is 9.78 Å². The number of carbonyl (C=O) groups is 1. The van der Waals surface area contributed by atoms with Crippen molar-refractivity contribution in [2.45, 2.75) is 31.3 Å². The second-order valence-electron chi connectivity index (χ2n) is 7.67. The first kappa shape index (κ1) is 22.2. The number of nitrogens with zero attached hydrogens (tertiary/aromatic N) is 4. The van der Waals surface area contributed by atoms with Gasteiger partial charge >= 0.3 is 0 Å². The summed E-state index contributed by atoms with van der Waals surface area (Å²) in [6.45, 7) is 7.68. The van der Waals surface area contributed by atoms with Crippen LogP contribution in [0.2, 0.25) is 0 Å². The number of anilines is 1. The van der Waals surface area contributed by atoms with Crippen LogP contribution in [0.4, 0.5) is 5.82 Å². The van der Waals surface area contributed by atoms with Crippen molar-refractivity contribution >= 4 is 23.5 Å². The van der Waals surface area contributed by atoms with Crippen LogP contribution in [0.1, 0.15) is 32.7 Å². The predicted molar refractivity (Wildman–Crippen MR) is 126 cm³/mol. The molecule has 0 saturated carbocycles. The van der Waals surface area contributed by atoms with E-state index in [2.05, 4.69) is 27.1 Å². The molecule has 32 heavy (non-hydrogen) atoms. The molecule has 1 aliphatic rings. The molecule has 1 N–H and O–H groups in total. The topological polar surface area (TPSA) is 80.2 Å². The number of aromatic nitrogens is 3. The number of hydrogen-bond donors (Lipinski definition) is 1. The highest BCUT2D eigenvalue weighted by molar-refractivity contribution is 7.98. The predicted octanol–water partition coefficient (Wildman–Crippen LogP) is 3.55. The molecule has 2 aromatic heterocycles. The van der Waals surface area contributed by atoms with Crippen LogP contribution in [0.3, 0.4) is 0 Å². The Morgan fingerprint density at radius 3 is 2.72 bits per heavy atom. The molecular formula is C24H27N5O2S. The number of carbonyl (C=O) groups excluding carboxylic acids is 1. The number of nitrogens with one attached hydrogen (secondary N) is 1. The van der Waals surface area contributed by atoms with Crippen molar-refractivity contribution in [1.29, 1.82) is 0 Å². The molecule has 1 amide bonds. The summed E-state index contributed by atoms with van der Waals surface area (Å²) in [5, 5.41) is 3.70. The second kappa shape index (κ2) is 10.6. The van der Waals surface area contributed by atoms with Gasteiger partial charge in [0, 0.05) is 54.6 Å². The van der Waals surface area contributed by atoms with Crippen LogP contribution in [-0.2, 0) is 17.0 Å². The fraction of sp³-hybridized carbons (Fsp3) is 0.333. The zero-order chi connectivity index (χ0) is 22.3. The number of hydrogen-bond acceptors (Lipinski definition) is 7. The Hall–Kier alpha value is -2.97. The molecule has 1 aromatic carbocycles. The maximum Gasteiger partial charge on any atom is 0.251 e. The number of morpholine rings is 1. The van der Waals surface area contributed by atoms with Crippen molar-refractivity contribution in [3.05, 3.63) is 76.7 Å². The largest absolute Gasteiger partial charge is 0.378 e. The minimum absolute atomic E-state index is 0.0993. The molecule has 0 spiro atoms. The molecule has 0 aliphatic carbocycles. The van der Waals surface area contributed by atoms with E-state index in [1.807, 2.05) is 43.3 Å². The summed E-state index contributed by atoms with van der Waals surface area (Å²) >= 11 is 1.59. The van der Waals surface area contributed by atoms with Crippen molar-refractivity contribution in [1.82, 2.24) is 20.3 Å². The van der Waals surface area contributed by atoms with Crippen molar-refractivity contribution in [3.63, 3.8) is 0 Å². The van der Waals surface area contributed by atoms with E-state index < -0.39 is 0 Å². The number of rotatable bonds is 7. The third kappa shape index (κ3) is 5.63. The Labute approximate surface area is 192 Å². The molecule has 1 fully saturated rings. The number of amides is 1. The van der Waals surface area contributed by atoms with Gasteiger partial charge in [-0.2, -0.15) is 0 Å². The van der Waals surface area contributed by atoms with Crippen molar-refractivity contribution < 1.29 is 9.53 Å². The van der Waals surface area contributed by atoms with Gasteiger partial charge in [0.05, 0.1) is 13.2 Å². The first-order chi connectivity index (χ1) is 15.6. The van der Waals surface area contributed by atoms with Gasteiger partial charge in [0.1, 0.15) is 5.82 Å². The average molecular weight is 450 g/mol. The smallest absolute Gasteiger partial charge is 0.251 e. The summed E-state index contributed by atoms with van der Waals surface area (Å²) in [5.74, 6) is 1.58. The molecule has 1 aliphatic heterocycles. The first-order valence-corrected chi connectivity index (χ1v) is 11.7. The highest BCUT2D eigenvalue weighted by Gasteiger charge is 2.18. The Morgan fingerprint density at radius 2 is 1.94 bits per heavy atom. The summed E-state index contributed by atoms with van der Waals surface area (Å²) in [4.78, 5) is 28.4. The molecule has 8 heteroatoms. The standard InChI is InChI=1S/C24H27N5O2S/c1-17-18(2)27-24(28-22(17)29-9-11-31-12-10-29)32-16-19-5-3-7-21(13-19)23(30)26-15-20-6-4-8-25-14-20/h3-8,13-14H,9-12,15-16H2,1-2H3,(H,26,30).